The highest BCUT2D eigenvalue weighted by molar-refractivity contribution is 6.64. The summed E-state index contributed by atoms with van der Waals surface area (Å²) in [5, 5.41) is -0.455. The van der Waals surface area contributed by atoms with Gasteiger partial charge in [-0.1, -0.05) is 6.07 Å². The molecule has 1 aliphatic rings. The molecule has 0 saturated carbocycles. The van der Waals surface area contributed by atoms with Crippen LogP contribution < -0.4 is 9.64 Å². The van der Waals surface area contributed by atoms with Crippen LogP contribution in [0.3, 0.4) is 0 Å². The van der Waals surface area contributed by atoms with Crippen LogP contribution >= 0.6 is 11.6 Å². The molecule has 1 fully saturated rings. The molecule has 1 saturated heterocycles. The van der Waals surface area contributed by atoms with Crippen LogP contribution in [0.15, 0.2) is 24.3 Å². The van der Waals surface area contributed by atoms with E-state index in [1.165, 1.54) is 0 Å². The lowest BCUT2D eigenvalue weighted by atomic mass is 10.1. The van der Waals surface area contributed by atoms with Crippen molar-refractivity contribution in [1.29, 1.82) is 0 Å². The van der Waals surface area contributed by atoms with Crippen molar-refractivity contribution in [2.75, 3.05) is 18.6 Å². The van der Waals surface area contributed by atoms with Crippen molar-refractivity contribution in [3.8, 4) is 5.75 Å². The smallest absolute Gasteiger partial charge is 0.227 e. The van der Waals surface area contributed by atoms with Gasteiger partial charge in [0.2, 0.25) is 11.1 Å². The molecule has 1 atom stereocenters. The molecule has 0 bridgehead atoms. The van der Waals surface area contributed by atoms with E-state index in [-0.39, 0.29) is 12.3 Å². The number of nitrogens with zero attached hydrogens (tertiary/aromatic N) is 1. The Bertz CT molecular complexity index is 461. The van der Waals surface area contributed by atoms with E-state index < -0.39 is 11.2 Å². The standard InChI is InChI=1S/C12H12ClNO3/c1-17-10-4-2-3-9(6-10)14-7-8(12(13)16)5-11(14)15/h2-4,6,8H,5,7H2,1H3. The number of ether oxygens (including phenoxy) is 1. The lowest BCUT2D eigenvalue weighted by Gasteiger charge is -2.16. The third-order valence-corrected chi connectivity index (χ3v) is 3.12. The summed E-state index contributed by atoms with van der Waals surface area (Å²) in [6.45, 7) is 0.342. The van der Waals surface area contributed by atoms with Crippen molar-refractivity contribution in [1.82, 2.24) is 0 Å². The molecule has 2 rings (SSSR count). The maximum absolute atomic E-state index is 11.8. The average Bonchev–Trinajstić information content (AvgIpc) is 2.72. The maximum Gasteiger partial charge on any atom is 0.227 e. The Balaban J connectivity index is 2.22. The average molecular weight is 254 g/mol. The molecule has 1 aromatic rings. The summed E-state index contributed by atoms with van der Waals surface area (Å²) in [5.74, 6) is 0.184. The maximum atomic E-state index is 11.8. The number of carbonyl (C=O) groups is 2. The first kappa shape index (κ1) is 11.9. The Morgan fingerprint density at radius 3 is 2.88 bits per heavy atom. The number of amides is 1. The van der Waals surface area contributed by atoms with Gasteiger partial charge in [0.25, 0.3) is 0 Å². The molecule has 1 heterocycles. The first-order valence-corrected chi connectivity index (χ1v) is 5.63. The molecule has 4 nitrogen and oxygen atoms in total. The Kier molecular flexibility index (Phi) is 3.33. The van der Waals surface area contributed by atoms with Crippen LogP contribution in [0.1, 0.15) is 6.42 Å². The molecule has 1 aliphatic heterocycles. The van der Waals surface area contributed by atoms with Gasteiger partial charge in [-0.2, -0.15) is 0 Å². The van der Waals surface area contributed by atoms with Crippen LogP contribution in [-0.4, -0.2) is 24.8 Å². The van der Waals surface area contributed by atoms with Crippen molar-refractivity contribution in [2.45, 2.75) is 6.42 Å². The summed E-state index contributed by atoms with van der Waals surface area (Å²) in [6.07, 6.45) is 0.180. The van der Waals surface area contributed by atoms with E-state index in [1.54, 1.807) is 30.2 Å². The minimum atomic E-state index is -0.455. The molecule has 90 valence electrons. The second-order valence-electron chi connectivity index (χ2n) is 3.91. The third-order valence-electron chi connectivity index (χ3n) is 2.81. The molecule has 0 aromatic heterocycles. The van der Waals surface area contributed by atoms with E-state index in [9.17, 15) is 9.59 Å². The van der Waals surface area contributed by atoms with Gasteiger partial charge in [-0.25, -0.2) is 0 Å². The van der Waals surface area contributed by atoms with Gasteiger partial charge < -0.3 is 9.64 Å². The van der Waals surface area contributed by atoms with Gasteiger partial charge in [0.05, 0.1) is 13.0 Å². The van der Waals surface area contributed by atoms with Gasteiger partial charge in [0.1, 0.15) is 5.75 Å². The molecule has 0 N–H and O–H groups in total. The normalized spacial score (nSPS) is 19.5. The van der Waals surface area contributed by atoms with Crippen molar-refractivity contribution in [2.24, 2.45) is 5.92 Å². The van der Waals surface area contributed by atoms with Crippen molar-refractivity contribution in [3.05, 3.63) is 24.3 Å². The van der Waals surface area contributed by atoms with E-state index in [0.717, 1.165) is 5.69 Å². The Hall–Kier alpha value is -1.55. The Morgan fingerprint density at radius 1 is 1.53 bits per heavy atom. The highest BCUT2D eigenvalue weighted by atomic mass is 35.5. The molecule has 1 aromatic carbocycles. The highest BCUT2D eigenvalue weighted by Gasteiger charge is 2.34. The third kappa shape index (κ3) is 2.42. The molecule has 0 aliphatic carbocycles. The molecule has 0 radical (unpaired) electrons. The second kappa shape index (κ2) is 4.75. The minimum Gasteiger partial charge on any atom is -0.497 e. The van der Waals surface area contributed by atoms with Gasteiger partial charge in [-0.3, -0.25) is 9.59 Å². The summed E-state index contributed by atoms with van der Waals surface area (Å²) in [5.41, 5.74) is 0.731. The number of rotatable bonds is 3. The zero-order chi connectivity index (χ0) is 12.4. The molecular weight excluding hydrogens is 242 g/mol. The van der Waals surface area contributed by atoms with Crippen molar-refractivity contribution < 1.29 is 14.3 Å². The number of hydrogen-bond donors (Lipinski definition) is 0. The van der Waals surface area contributed by atoms with Crippen molar-refractivity contribution in [3.63, 3.8) is 0 Å². The highest BCUT2D eigenvalue weighted by Crippen LogP contribution is 2.28. The predicted molar refractivity (Wildman–Crippen MR) is 64.3 cm³/mol. The van der Waals surface area contributed by atoms with Gasteiger partial charge in [-0.15, -0.1) is 0 Å². The fourth-order valence-electron chi connectivity index (χ4n) is 1.89. The van der Waals surface area contributed by atoms with Crippen LogP contribution in [0, 0.1) is 5.92 Å². The van der Waals surface area contributed by atoms with E-state index >= 15 is 0 Å². The zero-order valence-corrected chi connectivity index (χ0v) is 10.1. The number of halogens is 1. The van der Waals surface area contributed by atoms with Gasteiger partial charge in [0, 0.05) is 24.7 Å². The summed E-state index contributed by atoms with van der Waals surface area (Å²) in [7, 11) is 1.57. The minimum absolute atomic E-state index is 0.0859. The number of carbonyl (C=O) groups excluding carboxylic acids is 2. The molecule has 1 amide bonds. The number of anilines is 1. The quantitative estimate of drug-likeness (QED) is 0.772. The number of benzene rings is 1. The summed E-state index contributed by atoms with van der Waals surface area (Å²) in [6, 6.07) is 7.17. The van der Waals surface area contributed by atoms with E-state index in [4.69, 9.17) is 16.3 Å². The summed E-state index contributed by atoms with van der Waals surface area (Å²) >= 11 is 5.42. The predicted octanol–water partition coefficient (Wildman–Crippen LogP) is 1.81. The molecule has 17 heavy (non-hydrogen) atoms. The van der Waals surface area contributed by atoms with Crippen LogP contribution in [0.2, 0.25) is 0 Å². The fourth-order valence-corrected chi connectivity index (χ4v) is 2.03. The van der Waals surface area contributed by atoms with E-state index in [2.05, 4.69) is 0 Å². The van der Waals surface area contributed by atoms with Crippen LogP contribution in [0.25, 0.3) is 0 Å². The SMILES string of the molecule is COc1cccc(N2CC(C(=O)Cl)CC2=O)c1. The van der Waals surface area contributed by atoms with Crippen LogP contribution in [0.4, 0.5) is 5.69 Å². The number of methoxy groups -OCH3 is 1. The Labute approximate surface area is 104 Å². The second-order valence-corrected chi connectivity index (χ2v) is 4.28. The molecule has 5 heteroatoms. The molecular formula is C12H12ClNO3. The lowest BCUT2D eigenvalue weighted by molar-refractivity contribution is -0.120. The fraction of sp³-hybridized carbons (Fsp3) is 0.333. The topological polar surface area (TPSA) is 46.6 Å². The largest absolute Gasteiger partial charge is 0.497 e. The van der Waals surface area contributed by atoms with E-state index in [1.807, 2.05) is 6.07 Å². The number of hydrogen-bond acceptors (Lipinski definition) is 3. The lowest BCUT2D eigenvalue weighted by Crippen LogP contribution is -2.25. The van der Waals surface area contributed by atoms with Crippen molar-refractivity contribution >= 4 is 28.4 Å². The van der Waals surface area contributed by atoms with Crippen LogP contribution in [0.5, 0.6) is 5.75 Å². The first-order chi connectivity index (χ1) is 8.11. The Morgan fingerprint density at radius 2 is 2.29 bits per heavy atom. The monoisotopic (exact) mass is 253 g/mol. The first-order valence-electron chi connectivity index (χ1n) is 5.25. The van der Waals surface area contributed by atoms with Gasteiger partial charge in [-0.05, 0) is 23.7 Å². The summed E-state index contributed by atoms with van der Waals surface area (Å²) < 4.78 is 5.09. The summed E-state index contributed by atoms with van der Waals surface area (Å²) in [4.78, 5) is 24.4. The zero-order valence-electron chi connectivity index (χ0n) is 9.35. The van der Waals surface area contributed by atoms with Crippen LogP contribution in [-0.2, 0) is 9.59 Å². The van der Waals surface area contributed by atoms with E-state index in [0.29, 0.717) is 12.3 Å². The molecule has 0 spiro atoms. The van der Waals surface area contributed by atoms with Gasteiger partial charge in [0.15, 0.2) is 0 Å². The van der Waals surface area contributed by atoms with Gasteiger partial charge >= 0.3 is 0 Å². The molecule has 1 unspecified atom stereocenters.